The van der Waals surface area contributed by atoms with Crippen molar-refractivity contribution < 1.29 is 4.39 Å². The second-order valence-corrected chi connectivity index (χ2v) is 6.47. The van der Waals surface area contributed by atoms with Gasteiger partial charge in [-0.15, -0.1) is 0 Å². The summed E-state index contributed by atoms with van der Waals surface area (Å²) in [5, 5.41) is 0. The SMILES string of the molecule is CC(CN1CCN(C2CC2)CC1)C(N)c1ccc(F)cn1. The van der Waals surface area contributed by atoms with Gasteiger partial charge in [-0.2, -0.15) is 0 Å². The normalized spacial score (nSPS) is 24.0. The molecule has 2 fully saturated rings. The summed E-state index contributed by atoms with van der Waals surface area (Å²) in [6.07, 6.45) is 4.02. The molecule has 4 nitrogen and oxygen atoms in total. The van der Waals surface area contributed by atoms with E-state index >= 15 is 0 Å². The molecule has 0 aromatic carbocycles. The Morgan fingerprint density at radius 3 is 2.57 bits per heavy atom. The fourth-order valence-corrected chi connectivity index (χ4v) is 3.15. The molecule has 2 N–H and O–H groups in total. The van der Waals surface area contributed by atoms with Crippen molar-refractivity contribution in [1.82, 2.24) is 14.8 Å². The number of halogens is 1. The van der Waals surface area contributed by atoms with Crippen molar-refractivity contribution >= 4 is 0 Å². The Bertz CT molecular complexity index is 452. The van der Waals surface area contributed by atoms with Crippen LogP contribution in [-0.2, 0) is 0 Å². The number of pyridine rings is 1. The summed E-state index contributed by atoms with van der Waals surface area (Å²) < 4.78 is 12.9. The predicted molar refractivity (Wildman–Crippen MR) is 81.3 cm³/mol. The minimum Gasteiger partial charge on any atom is -0.322 e. The molecule has 2 unspecified atom stereocenters. The molecule has 2 atom stereocenters. The van der Waals surface area contributed by atoms with Gasteiger partial charge in [0.05, 0.1) is 17.9 Å². The molecule has 1 aromatic rings. The maximum Gasteiger partial charge on any atom is 0.141 e. The van der Waals surface area contributed by atoms with Gasteiger partial charge in [0.15, 0.2) is 0 Å². The lowest BCUT2D eigenvalue weighted by Gasteiger charge is -2.36. The zero-order valence-corrected chi connectivity index (χ0v) is 12.7. The van der Waals surface area contributed by atoms with Gasteiger partial charge in [-0.05, 0) is 30.9 Å². The Hall–Kier alpha value is -1.04. The number of piperazine rings is 1. The van der Waals surface area contributed by atoms with Gasteiger partial charge in [0.25, 0.3) is 0 Å². The van der Waals surface area contributed by atoms with Crippen molar-refractivity contribution in [1.29, 1.82) is 0 Å². The van der Waals surface area contributed by atoms with Gasteiger partial charge in [0.1, 0.15) is 5.82 Å². The summed E-state index contributed by atoms with van der Waals surface area (Å²) in [5.74, 6) is 0.00485. The second kappa shape index (κ2) is 6.38. The lowest BCUT2D eigenvalue weighted by molar-refractivity contribution is 0.110. The van der Waals surface area contributed by atoms with Gasteiger partial charge in [0, 0.05) is 38.8 Å². The molecule has 0 radical (unpaired) electrons. The van der Waals surface area contributed by atoms with E-state index < -0.39 is 0 Å². The Balaban J connectivity index is 1.49. The molecule has 2 aliphatic rings. The van der Waals surface area contributed by atoms with Crippen molar-refractivity contribution in [3.05, 3.63) is 29.8 Å². The van der Waals surface area contributed by atoms with Crippen LogP contribution in [0, 0.1) is 11.7 Å². The van der Waals surface area contributed by atoms with Crippen LogP contribution in [0.15, 0.2) is 18.3 Å². The molecule has 3 rings (SSSR count). The van der Waals surface area contributed by atoms with Crippen LogP contribution < -0.4 is 5.73 Å². The third-order valence-corrected chi connectivity index (χ3v) is 4.72. The summed E-state index contributed by atoms with van der Waals surface area (Å²) in [6, 6.07) is 3.87. The first kappa shape index (κ1) is 14.9. The van der Waals surface area contributed by atoms with Gasteiger partial charge in [-0.1, -0.05) is 6.92 Å². The van der Waals surface area contributed by atoms with Crippen LogP contribution in [0.4, 0.5) is 4.39 Å². The summed E-state index contributed by atoms with van der Waals surface area (Å²) in [5.41, 5.74) is 7.05. The molecule has 21 heavy (non-hydrogen) atoms. The third kappa shape index (κ3) is 3.78. The molecule has 1 aromatic heterocycles. The number of aromatic nitrogens is 1. The number of hydrogen-bond acceptors (Lipinski definition) is 4. The minimum atomic E-state index is -0.310. The number of hydrogen-bond donors (Lipinski definition) is 1. The van der Waals surface area contributed by atoms with Crippen molar-refractivity contribution in [3.8, 4) is 0 Å². The molecule has 0 spiro atoms. The van der Waals surface area contributed by atoms with Crippen molar-refractivity contribution in [2.75, 3.05) is 32.7 Å². The molecule has 5 heteroatoms. The molecule has 2 heterocycles. The van der Waals surface area contributed by atoms with Gasteiger partial charge < -0.3 is 10.6 Å². The largest absolute Gasteiger partial charge is 0.322 e. The highest BCUT2D eigenvalue weighted by atomic mass is 19.1. The quantitative estimate of drug-likeness (QED) is 0.896. The average molecular weight is 292 g/mol. The Morgan fingerprint density at radius 1 is 1.29 bits per heavy atom. The molecular formula is C16H25FN4. The molecule has 1 aliphatic carbocycles. The predicted octanol–water partition coefficient (Wildman–Crippen LogP) is 1.64. The van der Waals surface area contributed by atoms with Crippen molar-refractivity contribution in [3.63, 3.8) is 0 Å². The van der Waals surface area contributed by atoms with E-state index in [1.165, 1.54) is 38.2 Å². The summed E-state index contributed by atoms with van der Waals surface area (Å²) in [4.78, 5) is 9.22. The molecular weight excluding hydrogens is 267 g/mol. The first-order chi connectivity index (χ1) is 10.1. The highest BCUT2D eigenvalue weighted by Gasteiger charge is 2.31. The zero-order chi connectivity index (χ0) is 14.8. The molecule has 0 amide bonds. The van der Waals surface area contributed by atoms with E-state index in [2.05, 4.69) is 21.7 Å². The van der Waals surface area contributed by atoms with E-state index in [0.29, 0.717) is 5.92 Å². The lowest BCUT2D eigenvalue weighted by Crippen LogP contribution is -2.49. The van der Waals surface area contributed by atoms with E-state index in [9.17, 15) is 4.39 Å². The van der Waals surface area contributed by atoms with Crippen LogP contribution in [-0.4, -0.2) is 53.5 Å². The molecule has 1 saturated heterocycles. The van der Waals surface area contributed by atoms with Gasteiger partial charge >= 0.3 is 0 Å². The zero-order valence-electron chi connectivity index (χ0n) is 12.7. The topological polar surface area (TPSA) is 45.4 Å². The highest BCUT2D eigenvalue weighted by molar-refractivity contribution is 5.10. The first-order valence-corrected chi connectivity index (χ1v) is 7.97. The van der Waals surface area contributed by atoms with Crippen LogP contribution in [0.25, 0.3) is 0 Å². The fourth-order valence-electron chi connectivity index (χ4n) is 3.15. The number of nitrogens with two attached hydrogens (primary N) is 1. The van der Waals surface area contributed by atoms with E-state index in [1.54, 1.807) is 6.07 Å². The first-order valence-electron chi connectivity index (χ1n) is 7.97. The van der Waals surface area contributed by atoms with Crippen molar-refractivity contribution in [2.45, 2.75) is 31.8 Å². The minimum absolute atomic E-state index is 0.132. The Labute approximate surface area is 126 Å². The standard InChI is InChI=1S/C16H25FN4/c1-12(16(18)15-5-2-13(17)10-19-15)11-20-6-8-21(9-7-20)14-3-4-14/h2,5,10,12,14,16H,3-4,6-9,11,18H2,1H3. The molecule has 116 valence electrons. The second-order valence-electron chi connectivity index (χ2n) is 6.47. The van der Waals surface area contributed by atoms with E-state index in [-0.39, 0.29) is 11.9 Å². The average Bonchev–Trinajstić information content (AvgIpc) is 3.33. The Kier molecular flexibility index (Phi) is 4.52. The smallest absolute Gasteiger partial charge is 0.141 e. The van der Waals surface area contributed by atoms with Crippen LogP contribution in [0.5, 0.6) is 0 Å². The summed E-state index contributed by atoms with van der Waals surface area (Å²) >= 11 is 0. The Morgan fingerprint density at radius 2 is 2.00 bits per heavy atom. The number of rotatable bonds is 5. The van der Waals surface area contributed by atoms with Crippen molar-refractivity contribution in [2.24, 2.45) is 11.7 Å². The van der Waals surface area contributed by atoms with Crippen LogP contribution in [0.1, 0.15) is 31.5 Å². The highest BCUT2D eigenvalue weighted by Crippen LogP contribution is 2.28. The third-order valence-electron chi connectivity index (χ3n) is 4.72. The maximum absolute atomic E-state index is 12.9. The van der Waals surface area contributed by atoms with E-state index in [1.807, 2.05) is 0 Å². The van der Waals surface area contributed by atoms with E-state index in [0.717, 1.165) is 31.4 Å². The van der Waals surface area contributed by atoms with Crippen LogP contribution >= 0.6 is 0 Å². The monoisotopic (exact) mass is 292 g/mol. The van der Waals surface area contributed by atoms with Gasteiger partial charge in [0.2, 0.25) is 0 Å². The fraction of sp³-hybridized carbons (Fsp3) is 0.688. The van der Waals surface area contributed by atoms with Gasteiger partial charge in [-0.25, -0.2) is 4.39 Å². The molecule has 0 bridgehead atoms. The molecule has 1 saturated carbocycles. The number of nitrogens with zero attached hydrogens (tertiary/aromatic N) is 3. The van der Waals surface area contributed by atoms with Crippen LogP contribution in [0.2, 0.25) is 0 Å². The van der Waals surface area contributed by atoms with Crippen LogP contribution in [0.3, 0.4) is 0 Å². The van der Waals surface area contributed by atoms with Gasteiger partial charge in [-0.3, -0.25) is 9.88 Å². The summed E-state index contributed by atoms with van der Waals surface area (Å²) in [6.45, 7) is 7.76. The van der Waals surface area contributed by atoms with E-state index in [4.69, 9.17) is 5.73 Å². The lowest BCUT2D eigenvalue weighted by atomic mass is 9.98. The maximum atomic E-state index is 12.9. The molecule has 1 aliphatic heterocycles. The summed E-state index contributed by atoms with van der Waals surface area (Å²) in [7, 11) is 0.